The number of amides is 1. The molecule has 6 nitrogen and oxygen atoms in total. The van der Waals surface area contributed by atoms with Crippen molar-refractivity contribution in [1.29, 1.82) is 0 Å². The second-order valence-electron chi connectivity index (χ2n) is 6.57. The largest absolute Gasteiger partial charge is 0.462 e. The molecular formula is C19H17F3N4O2S. The van der Waals surface area contributed by atoms with Gasteiger partial charge in [-0.3, -0.25) is 4.79 Å². The lowest BCUT2D eigenvalue weighted by Gasteiger charge is -2.35. The van der Waals surface area contributed by atoms with Crippen LogP contribution in [0.5, 0.6) is 0 Å². The lowest BCUT2D eigenvalue weighted by atomic mass is 10.2. The zero-order chi connectivity index (χ0) is 20.4. The second-order valence-corrected chi connectivity index (χ2v) is 7.43. The van der Waals surface area contributed by atoms with Crippen LogP contribution in [0.2, 0.25) is 0 Å². The van der Waals surface area contributed by atoms with Crippen molar-refractivity contribution >= 4 is 23.1 Å². The maximum Gasteiger partial charge on any atom is 0.417 e. The fraction of sp³-hybridized carbons (Fsp3) is 0.316. The number of pyridine rings is 1. The highest BCUT2D eigenvalue weighted by molar-refractivity contribution is 7.13. The van der Waals surface area contributed by atoms with E-state index in [2.05, 4.69) is 9.97 Å². The predicted molar refractivity (Wildman–Crippen MR) is 102 cm³/mol. The minimum Gasteiger partial charge on any atom is -0.462 e. The average Bonchev–Trinajstić information content (AvgIpc) is 3.39. The molecule has 1 amide bonds. The summed E-state index contributed by atoms with van der Waals surface area (Å²) in [6.45, 7) is 1.99. The molecule has 0 unspecified atom stereocenters. The molecule has 0 N–H and O–H groups in total. The van der Waals surface area contributed by atoms with Gasteiger partial charge in [-0.25, -0.2) is 9.97 Å². The van der Waals surface area contributed by atoms with Crippen LogP contribution in [0.4, 0.5) is 19.0 Å². The Morgan fingerprint density at radius 1 is 1.17 bits per heavy atom. The van der Waals surface area contributed by atoms with E-state index >= 15 is 0 Å². The Morgan fingerprint density at radius 2 is 1.97 bits per heavy atom. The van der Waals surface area contributed by atoms with Crippen molar-refractivity contribution in [3.63, 3.8) is 0 Å². The van der Waals surface area contributed by atoms with E-state index in [1.165, 1.54) is 17.4 Å². The summed E-state index contributed by atoms with van der Waals surface area (Å²) in [5, 5.41) is 2.58. The van der Waals surface area contributed by atoms with Gasteiger partial charge in [0.1, 0.15) is 5.82 Å². The van der Waals surface area contributed by atoms with E-state index in [-0.39, 0.29) is 12.3 Å². The van der Waals surface area contributed by atoms with Crippen LogP contribution in [0.25, 0.3) is 10.8 Å². The summed E-state index contributed by atoms with van der Waals surface area (Å²) < 4.78 is 43.3. The molecule has 4 rings (SSSR count). The number of anilines is 1. The van der Waals surface area contributed by atoms with Gasteiger partial charge in [0.2, 0.25) is 5.91 Å². The maximum absolute atomic E-state index is 12.7. The van der Waals surface area contributed by atoms with Gasteiger partial charge in [0.15, 0.2) is 10.8 Å². The van der Waals surface area contributed by atoms with Crippen LogP contribution in [0, 0.1) is 0 Å². The van der Waals surface area contributed by atoms with Crippen LogP contribution in [-0.2, 0) is 17.4 Å². The Kier molecular flexibility index (Phi) is 5.27. The highest BCUT2D eigenvalue weighted by Crippen LogP contribution is 2.29. The van der Waals surface area contributed by atoms with Gasteiger partial charge in [-0.2, -0.15) is 13.2 Å². The van der Waals surface area contributed by atoms with Crippen molar-refractivity contribution in [1.82, 2.24) is 14.9 Å². The molecule has 0 saturated carbocycles. The number of nitrogens with zero attached hydrogens (tertiary/aromatic N) is 4. The van der Waals surface area contributed by atoms with Crippen LogP contribution in [0.1, 0.15) is 11.3 Å². The molecule has 1 fully saturated rings. The lowest BCUT2D eigenvalue weighted by molar-refractivity contribution is -0.137. The average molecular weight is 422 g/mol. The number of thiazole rings is 1. The standard InChI is InChI=1S/C19H17F3N4O2S/c20-19(21,22)13-3-4-16(23-11-13)25-5-7-26(8-6-25)17(27)10-14-12-29-18(24-14)15-2-1-9-28-15/h1-4,9,11-12H,5-8,10H2. The summed E-state index contributed by atoms with van der Waals surface area (Å²) in [5.41, 5.74) is -0.0783. The van der Waals surface area contributed by atoms with Crippen molar-refractivity contribution < 1.29 is 22.4 Å². The first-order valence-corrected chi connectivity index (χ1v) is 9.82. The summed E-state index contributed by atoms with van der Waals surface area (Å²) in [6.07, 6.45) is -1.78. The molecule has 29 heavy (non-hydrogen) atoms. The summed E-state index contributed by atoms with van der Waals surface area (Å²) in [5.74, 6) is 1.13. The molecule has 0 spiro atoms. The van der Waals surface area contributed by atoms with Crippen molar-refractivity contribution in [3.8, 4) is 10.8 Å². The first kappa shape index (κ1) is 19.4. The summed E-state index contributed by atoms with van der Waals surface area (Å²) >= 11 is 1.42. The summed E-state index contributed by atoms with van der Waals surface area (Å²) in [6, 6.07) is 6.00. The monoisotopic (exact) mass is 422 g/mol. The quantitative estimate of drug-likeness (QED) is 0.642. The SMILES string of the molecule is O=C(Cc1csc(-c2ccco2)n1)N1CCN(c2ccc(C(F)(F)F)cn2)CC1. The molecule has 1 aliphatic heterocycles. The minimum atomic E-state index is -4.40. The number of alkyl halides is 3. The van der Waals surface area contributed by atoms with Crippen LogP contribution >= 0.6 is 11.3 Å². The van der Waals surface area contributed by atoms with Crippen molar-refractivity contribution in [2.45, 2.75) is 12.6 Å². The smallest absolute Gasteiger partial charge is 0.417 e. The first-order valence-electron chi connectivity index (χ1n) is 8.94. The third-order valence-corrected chi connectivity index (χ3v) is 5.55. The fourth-order valence-corrected chi connectivity index (χ4v) is 3.88. The van der Waals surface area contributed by atoms with Gasteiger partial charge in [-0.05, 0) is 24.3 Å². The van der Waals surface area contributed by atoms with E-state index in [1.807, 2.05) is 16.3 Å². The van der Waals surface area contributed by atoms with E-state index < -0.39 is 11.7 Å². The van der Waals surface area contributed by atoms with Crippen LogP contribution in [-0.4, -0.2) is 47.0 Å². The lowest BCUT2D eigenvalue weighted by Crippen LogP contribution is -2.49. The van der Waals surface area contributed by atoms with Crippen LogP contribution < -0.4 is 4.90 Å². The zero-order valence-electron chi connectivity index (χ0n) is 15.2. The predicted octanol–water partition coefficient (Wildman–Crippen LogP) is 3.71. The van der Waals surface area contributed by atoms with E-state index in [9.17, 15) is 18.0 Å². The molecule has 3 aromatic rings. The van der Waals surface area contributed by atoms with E-state index in [4.69, 9.17) is 4.42 Å². The number of aromatic nitrogens is 2. The Labute approximate surface area is 168 Å². The first-order chi connectivity index (χ1) is 13.9. The van der Waals surface area contributed by atoms with E-state index in [0.29, 0.717) is 43.5 Å². The Balaban J connectivity index is 1.32. The number of carbonyl (C=O) groups is 1. The van der Waals surface area contributed by atoms with E-state index in [0.717, 1.165) is 17.3 Å². The minimum absolute atomic E-state index is 0.0266. The highest BCUT2D eigenvalue weighted by atomic mass is 32.1. The summed E-state index contributed by atoms with van der Waals surface area (Å²) in [4.78, 5) is 24.6. The number of carbonyl (C=O) groups excluding carboxylic acids is 1. The highest BCUT2D eigenvalue weighted by Gasteiger charge is 2.31. The number of piperazine rings is 1. The molecular weight excluding hydrogens is 405 g/mol. The van der Waals surface area contributed by atoms with Gasteiger partial charge < -0.3 is 14.2 Å². The molecule has 1 saturated heterocycles. The molecule has 3 aromatic heterocycles. The van der Waals surface area contributed by atoms with Gasteiger partial charge in [-0.15, -0.1) is 11.3 Å². The fourth-order valence-electron chi connectivity index (χ4n) is 3.09. The molecule has 0 aromatic carbocycles. The Morgan fingerprint density at radius 3 is 2.59 bits per heavy atom. The normalized spacial score (nSPS) is 15.0. The number of hydrogen-bond donors (Lipinski definition) is 0. The van der Waals surface area contributed by atoms with Crippen molar-refractivity contribution in [3.05, 3.63) is 53.4 Å². The molecule has 152 valence electrons. The number of hydrogen-bond acceptors (Lipinski definition) is 6. The topological polar surface area (TPSA) is 62.5 Å². The van der Waals surface area contributed by atoms with Gasteiger partial charge in [0, 0.05) is 37.8 Å². The van der Waals surface area contributed by atoms with Crippen LogP contribution in [0.3, 0.4) is 0 Å². The Hall–Kier alpha value is -2.88. The molecule has 0 radical (unpaired) electrons. The molecule has 10 heteroatoms. The van der Waals surface area contributed by atoms with Gasteiger partial charge in [0.25, 0.3) is 0 Å². The van der Waals surface area contributed by atoms with Gasteiger partial charge in [0.05, 0.1) is 23.9 Å². The molecule has 0 atom stereocenters. The number of halogens is 3. The third-order valence-electron chi connectivity index (χ3n) is 4.65. The molecule has 4 heterocycles. The van der Waals surface area contributed by atoms with Crippen molar-refractivity contribution in [2.24, 2.45) is 0 Å². The molecule has 1 aliphatic rings. The number of furan rings is 1. The van der Waals surface area contributed by atoms with E-state index in [1.54, 1.807) is 17.2 Å². The summed E-state index contributed by atoms with van der Waals surface area (Å²) in [7, 11) is 0. The Bertz CT molecular complexity index is 962. The second kappa shape index (κ2) is 7.86. The number of rotatable bonds is 4. The van der Waals surface area contributed by atoms with Gasteiger partial charge >= 0.3 is 6.18 Å². The van der Waals surface area contributed by atoms with Crippen LogP contribution in [0.15, 0.2) is 46.5 Å². The van der Waals surface area contributed by atoms with Crippen molar-refractivity contribution in [2.75, 3.05) is 31.1 Å². The van der Waals surface area contributed by atoms with Gasteiger partial charge in [-0.1, -0.05) is 0 Å². The maximum atomic E-state index is 12.7. The molecule has 0 aliphatic carbocycles. The molecule has 0 bridgehead atoms. The third kappa shape index (κ3) is 4.42. The zero-order valence-corrected chi connectivity index (χ0v) is 16.0.